The van der Waals surface area contributed by atoms with Gasteiger partial charge in [0.2, 0.25) is 5.91 Å². The molecule has 1 atom stereocenters. The number of amides is 1. The van der Waals surface area contributed by atoms with Crippen LogP contribution in [0.1, 0.15) is 37.3 Å². The maximum absolute atomic E-state index is 12.3. The summed E-state index contributed by atoms with van der Waals surface area (Å²) in [6.45, 7) is 0.591. The number of pyridine rings is 1. The van der Waals surface area contributed by atoms with Crippen molar-refractivity contribution < 1.29 is 14.6 Å². The first-order chi connectivity index (χ1) is 12.2. The van der Waals surface area contributed by atoms with Crippen molar-refractivity contribution in [2.45, 2.75) is 44.4 Å². The Kier molecular flexibility index (Phi) is 5.54. The fourth-order valence-electron chi connectivity index (χ4n) is 3.02. The number of aliphatic hydroxyl groups excluding tert-OH is 1. The van der Waals surface area contributed by atoms with E-state index in [1.165, 1.54) is 6.33 Å². The first-order valence-electron chi connectivity index (χ1n) is 8.33. The Morgan fingerprint density at radius 2 is 2.32 bits per heavy atom. The van der Waals surface area contributed by atoms with Crippen molar-refractivity contribution in [3.8, 4) is 5.75 Å². The van der Waals surface area contributed by atoms with Crippen LogP contribution in [0, 0.1) is 5.92 Å². The van der Waals surface area contributed by atoms with Crippen molar-refractivity contribution >= 4 is 5.91 Å². The van der Waals surface area contributed by atoms with E-state index in [0.717, 1.165) is 5.56 Å². The molecule has 0 saturated heterocycles. The van der Waals surface area contributed by atoms with Gasteiger partial charge in [-0.05, 0) is 47.2 Å². The van der Waals surface area contributed by atoms with Crippen LogP contribution in [0.15, 0.2) is 24.8 Å². The number of methoxy groups -OCH3 is 1. The van der Waals surface area contributed by atoms with Gasteiger partial charge in [0.05, 0.1) is 25.5 Å². The van der Waals surface area contributed by atoms with Gasteiger partial charge in [-0.25, -0.2) is 4.68 Å². The molecular formula is C16H22N6O3. The highest BCUT2D eigenvalue weighted by Crippen LogP contribution is 2.38. The molecule has 0 aromatic carbocycles. The normalized spacial score (nSPS) is 20.6. The molecule has 2 heterocycles. The van der Waals surface area contributed by atoms with Gasteiger partial charge in [-0.3, -0.25) is 9.78 Å². The molecule has 2 aromatic heterocycles. The van der Waals surface area contributed by atoms with E-state index in [0.29, 0.717) is 38.0 Å². The number of nitrogens with one attached hydrogen (secondary N) is 1. The van der Waals surface area contributed by atoms with Crippen molar-refractivity contribution in [3.63, 3.8) is 0 Å². The van der Waals surface area contributed by atoms with Crippen LogP contribution in [-0.2, 0) is 11.3 Å². The van der Waals surface area contributed by atoms with Gasteiger partial charge in [0.15, 0.2) is 0 Å². The zero-order valence-corrected chi connectivity index (χ0v) is 14.1. The fraction of sp³-hybridized carbons (Fsp3) is 0.562. The Morgan fingerprint density at radius 3 is 3.00 bits per heavy atom. The predicted molar refractivity (Wildman–Crippen MR) is 87.5 cm³/mol. The number of ether oxygens (including phenoxy) is 1. The molecule has 9 nitrogen and oxygen atoms in total. The second-order valence-corrected chi connectivity index (χ2v) is 6.27. The van der Waals surface area contributed by atoms with Crippen molar-refractivity contribution in [2.75, 3.05) is 7.11 Å². The molecule has 1 fully saturated rings. The summed E-state index contributed by atoms with van der Waals surface area (Å²) in [6, 6.07) is 1.70. The minimum absolute atomic E-state index is 0.0396. The Morgan fingerprint density at radius 1 is 1.48 bits per heavy atom. The van der Waals surface area contributed by atoms with Crippen molar-refractivity contribution in [3.05, 3.63) is 30.4 Å². The Labute approximate surface area is 145 Å². The number of tetrazole rings is 1. The maximum atomic E-state index is 12.3. The molecule has 1 aliphatic carbocycles. The van der Waals surface area contributed by atoms with E-state index in [4.69, 9.17) is 4.74 Å². The van der Waals surface area contributed by atoms with E-state index in [9.17, 15) is 9.90 Å². The molecular weight excluding hydrogens is 324 g/mol. The van der Waals surface area contributed by atoms with Crippen molar-refractivity contribution in [2.24, 2.45) is 5.92 Å². The highest BCUT2D eigenvalue weighted by atomic mass is 16.5. The molecule has 1 amide bonds. The summed E-state index contributed by atoms with van der Waals surface area (Å²) >= 11 is 0. The van der Waals surface area contributed by atoms with E-state index < -0.39 is 0 Å². The number of carbonyl (C=O) groups excluding carboxylic acids is 1. The largest absolute Gasteiger partial charge is 0.495 e. The third-order valence-electron chi connectivity index (χ3n) is 4.45. The monoisotopic (exact) mass is 346 g/mol. The summed E-state index contributed by atoms with van der Waals surface area (Å²) in [5.74, 6) is 0.810. The summed E-state index contributed by atoms with van der Waals surface area (Å²) in [5.41, 5.74) is 0.894. The molecule has 3 rings (SSSR count). The zero-order chi connectivity index (χ0) is 17.6. The van der Waals surface area contributed by atoms with Crippen LogP contribution in [0.5, 0.6) is 5.75 Å². The molecule has 0 unspecified atom stereocenters. The lowest BCUT2D eigenvalue weighted by molar-refractivity contribution is -0.123. The fourth-order valence-corrected chi connectivity index (χ4v) is 3.02. The van der Waals surface area contributed by atoms with Crippen LogP contribution < -0.4 is 10.1 Å². The Bertz CT molecular complexity index is 687. The van der Waals surface area contributed by atoms with E-state index in [-0.39, 0.29) is 24.0 Å². The average Bonchev–Trinajstić information content (AvgIpc) is 3.10. The number of rotatable bonds is 8. The number of aliphatic hydroxyl groups is 1. The SMILES string of the molecule is COc1cncc([C@H](NC(=O)CCCn2cnnn2)C2CC(O)C2)c1. The third-order valence-corrected chi connectivity index (χ3v) is 4.45. The quantitative estimate of drug-likeness (QED) is 0.714. The van der Waals surface area contributed by atoms with Gasteiger partial charge in [-0.15, -0.1) is 5.10 Å². The summed E-state index contributed by atoms with van der Waals surface area (Å²) < 4.78 is 6.82. The van der Waals surface area contributed by atoms with Gasteiger partial charge >= 0.3 is 0 Å². The summed E-state index contributed by atoms with van der Waals surface area (Å²) in [4.78, 5) is 16.5. The second kappa shape index (κ2) is 8.02. The van der Waals surface area contributed by atoms with Gasteiger partial charge in [0, 0.05) is 19.2 Å². The first kappa shape index (κ1) is 17.3. The molecule has 0 aliphatic heterocycles. The number of hydrogen-bond donors (Lipinski definition) is 2. The topological polar surface area (TPSA) is 115 Å². The molecule has 2 aromatic rings. The van der Waals surface area contributed by atoms with Gasteiger partial charge in [0.1, 0.15) is 12.1 Å². The Balaban J connectivity index is 1.60. The predicted octanol–water partition coefficient (Wildman–Crippen LogP) is 0.485. The molecule has 25 heavy (non-hydrogen) atoms. The minimum Gasteiger partial charge on any atom is -0.495 e. The van der Waals surface area contributed by atoms with Crippen LogP contribution in [-0.4, -0.2) is 49.4 Å². The summed E-state index contributed by atoms with van der Waals surface area (Å²) in [7, 11) is 1.58. The summed E-state index contributed by atoms with van der Waals surface area (Å²) in [5, 5.41) is 23.6. The van der Waals surface area contributed by atoms with Crippen LogP contribution in [0.4, 0.5) is 0 Å². The van der Waals surface area contributed by atoms with Gasteiger partial charge < -0.3 is 15.2 Å². The van der Waals surface area contributed by atoms with Gasteiger partial charge in [-0.1, -0.05) is 0 Å². The second-order valence-electron chi connectivity index (χ2n) is 6.27. The molecule has 1 saturated carbocycles. The number of nitrogens with zero attached hydrogens (tertiary/aromatic N) is 5. The molecule has 2 N–H and O–H groups in total. The lowest BCUT2D eigenvalue weighted by atomic mass is 9.75. The van der Waals surface area contributed by atoms with Crippen LogP contribution >= 0.6 is 0 Å². The average molecular weight is 346 g/mol. The van der Waals surface area contributed by atoms with Gasteiger partial charge in [0.25, 0.3) is 0 Å². The van der Waals surface area contributed by atoms with Crippen LogP contribution in [0.3, 0.4) is 0 Å². The lowest BCUT2D eigenvalue weighted by Gasteiger charge is -2.38. The summed E-state index contributed by atoms with van der Waals surface area (Å²) in [6.07, 6.45) is 6.97. The van der Waals surface area contributed by atoms with Crippen molar-refractivity contribution in [1.82, 2.24) is 30.5 Å². The molecule has 134 valence electrons. The molecule has 9 heteroatoms. The smallest absolute Gasteiger partial charge is 0.220 e. The highest BCUT2D eigenvalue weighted by molar-refractivity contribution is 5.76. The van der Waals surface area contributed by atoms with E-state index in [1.807, 2.05) is 6.07 Å². The number of aryl methyl sites for hydroxylation is 1. The lowest BCUT2D eigenvalue weighted by Crippen LogP contribution is -2.41. The standard InChI is InChI=1S/C16H22N6O3/c1-25-14-7-12(8-17-9-14)16(11-5-13(23)6-11)19-15(24)3-2-4-22-10-18-20-21-22/h7-11,13,16,23H,2-6H2,1H3,(H,19,24)/t11?,13?,16-/m1/s1. The number of aromatic nitrogens is 5. The molecule has 0 radical (unpaired) electrons. The van der Waals surface area contributed by atoms with Gasteiger partial charge in [-0.2, -0.15) is 0 Å². The van der Waals surface area contributed by atoms with E-state index in [2.05, 4.69) is 25.8 Å². The number of carbonyl (C=O) groups is 1. The molecule has 1 aliphatic rings. The maximum Gasteiger partial charge on any atom is 0.220 e. The first-order valence-corrected chi connectivity index (χ1v) is 8.33. The zero-order valence-electron chi connectivity index (χ0n) is 14.1. The minimum atomic E-state index is -0.289. The van der Waals surface area contributed by atoms with E-state index in [1.54, 1.807) is 24.2 Å². The van der Waals surface area contributed by atoms with E-state index >= 15 is 0 Å². The molecule has 0 spiro atoms. The molecule has 0 bridgehead atoms. The Hall–Kier alpha value is -2.55. The third kappa shape index (κ3) is 4.50. The van der Waals surface area contributed by atoms with Crippen LogP contribution in [0.2, 0.25) is 0 Å². The van der Waals surface area contributed by atoms with Crippen LogP contribution in [0.25, 0.3) is 0 Å². The highest BCUT2D eigenvalue weighted by Gasteiger charge is 2.35. The van der Waals surface area contributed by atoms with Crippen molar-refractivity contribution in [1.29, 1.82) is 0 Å². The number of hydrogen-bond acceptors (Lipinski definition) is 7.